The third-order valence-electron chi connectivity index (χ3n) is 5.97. The van der Waals surface area contributed by atoms with E-state index >= 15 is 0 Å². The van der Waals surface area contributed by atoms with Crippen molar-refractivity contribution in [3.05, 3.63) is 118 Å². The predicted molar refractivity (Wildman–Crippen MR) is 145 cm³/mol. The van der Waals surface area contributed by atoms with Gasteiger partial charge in [-0.2, -0.15) is 0 Å². The highest BCUT2D eigenvalue weighted by Crippen LogP contribution is 2.32. The van der Waals surface area contributed by atoms with Gasteiger partial charge < -0.3 is 9.15 Å². The lowest BCUT2D eigenvalue weighted by Crippen LogP contribution is -2.39. The molecule has 38 heavy (non-hydrogen) atoms. The molecule has 2 aromatic carbocycles. The highest BCUT2D eigenvalue weighted by Gasteiger charge is 2.33. The molecule has 192 valence electrons. The largest absolute Gasteiger partial charge is 0.463 e. The van der Waals surface area contributed by atoms with Gasteiger partial charge >= 0.3 is 5.97 Å². The fourth-order valence-corrected chi connectivity index (χ4v) is 5.59. The lowest BCUT2D eigenvalue weighted by atomic mass is 9.96. The molecule has 1 aliphatic heterocycles. The first-order valence-corrected chi connectivity index (χ1v) is 13.2. The minimum Gasteiger partial charge on any atom is -0.463 e. The van der Waals surface area contributed by atoms with Gasteiger partial charge in [0.2, 0.25) is 0 Å². The number of nitrogens with zero attached hydrogens (tertiary/aromatic N) is 3. The van der Waals surface area contributed by atoms with E-state index < -0.39 is 16.9 Å². The molecule has 0 unspecified atom stereocenters. The molecule has 0 saturated heterocycles. The van der Waals surface area contributed by atoms with Crippen molar-refractivity contribution >= 4 is 45.0 Å². The van der Waals surface area contributed by atoms with Crippen LogP contribution in [0.25, 0.3) is 17.4 Å². The zero-order chi connectivity index (χ0) is 27.0. The minimum atomic E-state index is -0.723. The molecule has 0 N–H and O–H groups in total. The summed E-state index contributed by atoms with van der Waals surface area (Å²) in [4.78, 5) is 42.6. The normalized spacial score (nSPS) is 15.2. The van der Waals surface area contributed by atoms with Crippen molar-refractivity contribution in [2.24, 2.45) is 4.99 Å². The summed E-state index contributed by atoms with van der Waals surface area (Å²) >= 11 is 4.59. The van der Waals surface area contributed by atoms with Crippen molar-refractivity contribution in [3.63, 3.8) is 0 Å². The number of halogens is 1. The third-order valence-corrected chi connectivity index (χ3v) is 7.48. The van der Waals surface area contributed by atoms with E-state index in [9.17, 15) is 19.7 Å². The van der Waals surface area contributed by atoms with Crippen LogP contribution in [0.2, 0.25) is 0 Å². The fraction of sp³-hybridized carbons (Fsp3) is 0.148. The van der Waals surface area contributed by atoms with Crippen LogP contribution in [0.1, 0.15) is 31.2 Å². The maximum absolute atomic E-state index is 13.7. The second-order valence-electron chi connectivity index (χ2n) is 8.33. The van der Waals surface area contributed by atoms with E-state index in [0.29, 0.717) is 37.7 Å². The second kappa shape index (κ2) is 10.3. The molecule has 11 heteroatoms. The first-order valence-electron chi connectivity index (χ1n) is 11.6. The van der Waals surface area contributed by atoms with Crippen molar-refractivity contribution in [3.8, 4) is 11.3 Å². The molecule has 9 nitrogen and oxygen atoms in total. The molecule has 3 heterocycles. The average molecular weight is 594 g/mol. The highest BCUT2D eigenvalue weighted by molar-refractivity contribution is 9.10. The number of rotatable bonds is 6. The Bertz CT molecular complexity index is 1780. The van der Waals surface area contributed by atoms with E-state index in [0.717, 1.165) is 10.0 Å². The number of esters is 1. The van der Waals surface area contributed by atoms with Crippen LogP contribution in [0.15, 0.2) is 90.6 Å². The first kappa shape index (κ1) is 25.6. The number of para-hydroxylation sites is 1. The van der Waals surface area contributed by atoms with Crippen molar-refractivity contribution in [2.45, 2.75) is 19.9 Å². The lowest BCUT2D eigenvalue weighted by Gasteiger charge is -2.24. The predicted octanol–water partition coefficient (Wildman–Crippen LogP) is 4.73. The number of fused-ring (bicyclic) bond motifs is 1. The van der Waals surface area contributed by atoms with Crippen LogP contribution in [0, 0.1) is 10.1 Å². The number of carbonyl (C=O) groups excluding carboxylic acids is 1. The second-order valence-corrected chi connectivity index (χ2v) is 10.3. The van der Waals surface area contributed by atoms with Crippen LogP contribution >= 0.6 is 27.3 Å². The first-order chi connectivity index (χ1) is 18.3. The van der Waals surface area contributed by atoms with Gasteiger partial charge in [-0.25, -0.2) is 9.79 Å². The molecule has 0 saturated carbocycles. The summed E-state index contributed by atoms with van der Waals surface area (Å²) in [7, 11) is 0. The Kier molecular flexibility index (Phi) is 6.96. The number of nitro benzene ring substituents is 1. The van der Waals surface area contributed by atoms with Gasteiger partial charge in [0.15, 0.2) is 4.80 Å². The Balaban J connectivity index is 1.64. The van der Waals surface area contributed by atoms with Crippen LogP contribution in [0.4, 0.5) is 5.69 Å². The molecule has 0 fully saturated rings. The molecule has 0 radical (unpaired) electrons. The zero-order valence-corrected chi connectivity index (χ0v) is 22.6. The molecule has 0 amide bonds. The Morgan fingerprint density at radius 2 is 1.95 bits per heavy atom. The Hall–Kier alpha value is -4.09. The van der Waals surface area contributed by atoms with Crippen molar-refractivity contribution < 1.29 is 18.9 Å². The van der Waals surface area contributed by atoms with Crippen LogP contribution in [-0.2, 0) is 9.53 Å². The van der Waals surface area contributed by atoms with Crippen LogP contribution in [0.3, 0.4) is 0 Å². The Labute approximate surface area is 228 Å². The molecular weight excluding hydrogens is 574 g/mol. The molecule has 5 rings (SSSR count). The van der Waals surface area contributed by atoms with Gasteiger partial charge in [0.25, 0.3) is 11.2 Å². The summed E-state index contributed by atoms with van der Waals surface area (Å²) in [5.41, 5.74) is 1.41. The number of nitro groups is 1. The summed E-state index contributed by atoms with van der Waals surface area (Å²) in [6.45, 7) is 3.63. The summed E-state index contributed by atoms with van der Waals surface area (Å²) in [6.07, 6.45) is 1.57. The summed E-state index contributed by atoms with van der Waals surface area (Å²) in [6, 6.07) is 16.2. The van der Waals surface area contributed by atoms with Crippen molar-refractivity contribution in [2.75, 3.05) is 6.61 Å². The van der Waals surface area contributed by atoms with E-state index in [1.54, 1.807) is 50.3 Å². The topological polar surface area (TPSA) is 117 Å². The number of hydrogen-bond acceptors (Lipinski definition) is 8. The molecular formula is C27H20BrN3O6S. The smallest absolute Gasteiger partial charge is 0.338 e. The number of benzene rings is 2. The number of thiazole rings is 1. The quantitative estimate of drug-likeness (QED) is 0.181. The van der Waals surface area contributed by atoms with E-state index in [-0.39, 0.29) is 17.9 Å². The number of allylic oxidation sites excluding steroid dienone is 1. The van der Waals surface area contributed by atoms with E-state index in [4.69, 9.17) is 9.15 Å². The van der Waals surface area contributed by atoms with Crippen LogP contribution < -0.4 is 14.9 Å². The molecule has 4 aromatic rings. The van der Waals surface area contributed by atoms with Gasteiger partial charge in [-0.3, -0.25) is 19.5 Å². The van der Waals surface area contributed by atoms with Crippen molar-refractivity contribution in [1.82, 2.24) is 4.57 Å². The van der Waals surface area contributed by atoms with Gasteiger partial charge in [0.05, 0.1) is 38.9 Å². The average Bonchev–Trinajstić information content (AvgIpc) is 3.48. The van der Waals surface area contributed by atoms with Gasteiger partial charge in [-0.15, -0.1) is 0 Å². The minimum absolute atomic E-state index is 0.0794. The van der Waals surface area contributed by atoms with Crippen LogP contribution in [0.5, 0.6) is 0 Å². The molecule has 1 aliphatic rings. The standard InChI is InChI=1S/C27H20BrN3O6S/c1-3-36-26(33)23-15(2)29-27-30(24(23)16-8-10-17(28)11-9-16)25(32)22(38-27)14-18-12-13-21(37-18)19-6-4-5-7-20(19)31(34)35/h4-14,24H,3H2,1-2H3/b22-14-/t24-/m0/s1. The van der Waals surface area contributed by atoms with Gasteiger partial charge in [0.1, 0.15) is 11.5 Å². The Morgan fingerprint density at radius 3 is 2.66 bits per heavy atom. The van der Waals surface area contributed by atoms with Gasteiger partial charge in [-0.05, 0) is 49.7 Å². The highest BCUT2D eigenvalue weighted by atomic mass is 79.9. The van der Waals surface area contributed by atoms with Gasteiger partial charge in [-0.1, -0.05) is 51.5 Å². The lowest BCUT2D eigenvalue weighted by molar-refractivity contribution is -0.384. The SMILES string of the molecule is CCOC(=O)C1=C(C)N=c2s/c(=C\c3ccc(-c4ccccc4[N+](=O)[O-])o3)c(=O)n2[C@H]1c1ccc(Br)cc1. The summed E-state index contributed by atoms with van der Waals surface area (Å²) in [5.74, 6) is 0.130. The molecule has 1 atom stereocenters. The monoisotopic (exact) mass is 593 g/mol. The molecule has 0 aliphatic carbocycles. The van der Waals surface area contributed by atoms with Crippen molar-refractivity contribution in [1.29, 1.82) is 0 Å². The number of aromatic nitrogens is 1. The maximum atomic E-state index is 13.7. The van der Waals surface area contributed by atoms with E-state index in [2.05, 4.69) is 20.9 Å². The number of furan rings is 1. The third kappa shape index (κ3) is 4.66. The number of ether oxygens (including phenoxy) is 1. The maximum Gasteiger partial charge on any atom is 0.338 e. The fourth-order valence-electron chi connectivity index (χ4n) is 4.30. The van der Waals surface area contributed by atoms with E-state index in [1.807, 2.05) is 24.3 Å². The number of hydrogen-bond donors (Lipinski definition) is 0. The zero-order valence-electron chi connectivity index (χ0n) is 20.2. The Morgan fingerprint density at radius 1 is 1.21 bits per heavy atom. The van der Waals surface area contributed by atoms with E-state index in [1.165, 1.54) is 22.0 Å². The van der Waals surface area contributed by atoms with Crippen LogP contribution in [-0.4, -0.2) is 22.1 Å². The molecule has 0 spiro atoms. The van der Waals surface area contributed by atoms with Gasteiger partial charge in [0, 0.05) is 16.6 Å². The summed E-state index contributed by atoms with van der Waals surface area (Å²) in [5, 5.41) is 11.4. The number of carbonyl (C=O) groups is 1. The molecule has 2 aromatic heterocycles. The summed E-state index contributed by atoms with van der Waals surface area (Å²) < 4.78 is 13.9. The molecule has 0 bridgehead atoms.